The third-order valence-corrected chi connectivity index (χ3v) is 3.65. The van der Waals surface area contributed by atoms with Crippen LogP contribution in [0.5, 0.6) is 11.5 Å². The van der Waals surface area contributed by atoms with Crippen LogP contribution in [0.4, 0.5) is 0 Å². The predicted molar refractivity (Wildman–Crippen MR) is 77.7 cm³/mol. The quantitative estimate of drug-likeness (QED) is 0.889. The lowest BCUT2D eigenvalue weighted by molar-refractivity contribution is 0.394. The summed E-state index contributed by atoms with van der Waals surface area (Å²) in [5.74, 6) is 1.69. The molecule has 1 atom stereocenters. The molecule has 5 nitrogen and oxygen atoms in total. The molecule has 0 spiro atoms. The van der Waals surface area contributed by atoms with Crippen LogP contribution >= 0.6 is 11.6 Å². The molecule has 0 aliphatic carbocycles. The van der Waals surface area contributed by atoms with E-state index in [0.29, 0.717) is 10.8 Å². The fourth-order valence-electron chi connectivity index (χ4n) is 2.25. The van der Waals surface area contributed by atoms with Crippen LogP contribution in [0, 0.1) is 0 Å². The van der Waals surface area contributed by atoms with E-state index >= 15 is 0 Å². The van der Waals surface area contributed by atoms with Crippen LogP contribution in [0.15, 0.2) is 18.3 Å². The smallest absolute Gasteiger partial charge is 0.138 e. The maximum atomic E-state index is 6.14. The average Bonchev–Trinajstić information content (AvgIpc) is 2.97. The highest BCUT2D eigenvalue weighted by Gasteiger charge is 2.19. The number of methoxy groups -OCH3 is 2. The Morgan fingerprint density at radius 3 is 2.55 bits per heavy atom. The first-order valence-corrected chi connectivity index (χ1v) is 6.83. The highest BCUT2D eigenvalue weighted by atomic mass is 35.5. The highest BCUT2D eigenvalue weighted by Crippen LogP contribution is 2.38. The number of nitrogens with one attached hydrogen (secondary N) is 1. The molecule has 0 bridgehead atoms. The van der Waals surface area contributed by atoms with E-state index in [4.69, 9.17) is 21.1 Å². The van der Waals surface area contributed by atoms with Gasteiger partial charge in [0.2, 0.25) is 0 Å². The zero-order valence-corrected chi connectivity index (χ0v) is 12.6. The summed E-state index contributed by atoms with van der Waals surface area (Å²) in [4.78, 5) is 0. The van der Waals surface area contributed by atoms with Crippen LogP contribution in [0.1, 0.15) is 30.5 Å². The maximum Gasteiger partial charge on any atom is 0.138 e. The van der Waals surface area contributed by atoms with Crippen LogP contribution < -0.4 is 9.47 Å². The fourth-order valence-corrected chi connectivity index (χ4v) is 2.48. The SMILES string of the molecule is CCC(Cc1cn[nH]n1)c1cc(OC)c(Cl)cc1OC. The van der Waals surface area contributed by atoms with Crippen molar-refractivity contribution in [2.45, 2.75) is 25.7 Å². The van der Waals surface area contributed by atoms with Gasteiger partial charge in [-0.05, 0) is 18.4 Å². The summed E-state index contributed by atoms with van der Waals surface area (Å²) in [6.45, 7) is 2.13. The van der Waals surface area contributed by atoms with Gasteiger partial charge in [-0.3, -0.25) is 0 Å². The first-order chi connectivity index (χ1) is 9.69. The number of nitrogens with zero attached hydrogens (tertiary/aromatic N) is 2. The lowest BCUT2D eigenvalue weighted by Crippen LogP contribution is -2.05. The number of rotatable bonds is 6. The molecule has 2 aromatic rings. The van der Waals surface area contributed by atoms with Crippen molar-refractivity contribution < 1.29 is 9.47 Å². The van der Waals surface area contributed by atoms with Gasteiger partial charge in [0, 0.05) is 18.1 Å². The lowest BCUT2D eigenvalue weighted by Gasteiger charge is -2.19. The van der Waals surface area contributed by atoms with E-state index in [1.165, 1.54) is 0 Å². The molecule has 1 aromatic carbocycles. The number of benzene rings is 1. The van der Waals surface area contributed by atoms with Gasteiger partial charge in [-0.25, -0.2) is 0 Å². The highest BCUT2D eigenvalue weighted by molar-refractivity contribution is 6.32. The second kappa shape index (κ2) is 6.61. The number of halogens is 1. The monoisotopic (exact) mass is 295 g/mol. The summed E-state index contributed by atoms with van der Waals surface area (Å²) in [5, 5.41) is 11.1. The minimum absolute atomic E-state index is 0.265. The third kappa shape index (κ3) is 3.04. The molecule has 0 aliphatic rings. The minimum atomic E-state index is 0.265. The Kier molecular flexibility index (Phi) is 4.84. The average molecular weight is 296 g/mol. The standard InChI is InChI=1S/C14H18ClN3O2/c1-4-9(5-10-8-16-18-17-10)11-6-14(20-3)12(15)7-13(11)19-2/h6-9H,4-5H2,1-3H3,(H,16,17,18). The molecule has 0 amide bonds. The Bertz CT molecular complexity index is 558. The van der Waals surface area contributed by atoms with Crippen molar-refractivity contribution in [1.29, 1.82) is 0 Å². The Balaban J connectivity index is 2.36. The summed E-state index contributed by atoms with van der Waals surface area (Å²) < 4.78 is 10.7. The number of aromatic amines is 1. The van der Waals surface area contributed by atoms with Crippen LogP contribution in [-0.2, 0) is 6.42 Å². The first-order valence-electron chi connectivity index (χ1n) is 6.45. The molecule has 108 valence electrons. The van der Waals surface area contributed by atoms with Crippen LogP contribution in [0.2, 0.25) is 5.02 Å². The van der Waals surface area contributed by atoms with Crippen molar-refractivity contribution >= 4 is 11.6 Å². The van der Waals surface area contributed by atoms with Crippen LogP contribution in [0.3, 0.4) is 0 Å². The van der Waals surface area contributed by atoms with Crippen molar-refractivity contribution in [3.8, 4) is 11.5 Å². The van der Waals surface area contributed by atoms with Gasteiger partial charge < -0.3 is 9.47 Å². The second-order valence-corrected chi connectivity index (χ2v) is 4.91. The Morgan fingerprint density at radius 2 is 2.00 bits per heavy atom. The van der Waals surface area contributed by atoms with E-state index in [-0.39, 0.29) is 5.92 Å². The van der Waals surface area contributed by atoms with Gasteiger partial charge >= 0.3 is 0 Å². The third-order valence-electron chi connectivity index (χ3n) is 3.36. The molecule has 0 aliphatic heterocycles. The van der Waals surface area contributed by atoms with Crippen molar-refractivity contribution in [3.63, 3.8) is 0 Å². The fraction of sp³-hybridized carbons (Fsp3) is 0.429. The molecule has 20 heavy (non-hydrogen) atoms. The summed E-state index contributed by atoms with van der Waals surface area (Å²) in [6, 6.07) is 3.73. The van der Waals surface area contributed by atoms with Gasteiger partial charge in [-0.1, -0.05) is 18.5 Å². The molecule has 1 heterocycles. The number of hydrogen-bond acceptors (Lipinski definition) is 4. The molecule has 0 saturated heterocycles. The zero-order valence-electron chi connectivity index (χ0n) is 11.8. The van der Waals surface area contributed by atoms with E-state index < -0.39 is 0 Å². The zero-order chi connectivity index (χ0) is 14.5. The maximum absolute atomic E-state index is 6.14. The van der Waals surface area contributed by atoms with E-state index in [1.54, 1.807) is 26.5 Å². The Morgan fingerprint density at radius 1 is 1.25 bits per heavy atom. The van der Waals surface area contributed by atoms with E-state index in [1.807, 2.05) is 6.07 Å². The van der Waals surface area contributed by atoms with Gasteiger partial charge in [0.1, 0.15) is 11.5 Å². The molecule has 1 N–H and O–H groups in total. The number of H-pyrrole nitrogens is 1. The number of aromatic nitrogens is 3. The van der Waals surface area contributed by atoms with Crippen molar-refractivity contribution in [2.24, 2.45) is 0 Å². The van der Waals surface area contributed by atoms with Crippen molar-refractivity contribution in [1.82, 2.24) is 15.4 Å². The Labute approximate surface area is 123 Å². The topological polar surface area (TPSA) is 60.0 Å². The molecular formula is C14H18ClN3O2. The normalized spacial score (nSPS) is 12.2. The van der Waals surface area contributed by atoms with Gasteiger partial charge in [-0.2, -0.15) is 15.4 Å². The van der Waals surface area contributed by atoms with Gasteiger partial charge in [-0.15, -0.1) is 0 Å². The molecule has 2 rings (SSSR count). The summed E-state index contributed by atoms with van der Waals surface area (Å²) in [6.07, 6.45) is 3.48. The summed E-state index contributed by atoms with van der Waals surface area (Å²) in [5.41, 5.74) is 1.99. The Hall–Kier alpha value is -1.75. The molecule has 1 unspecified atom stereocenters. The van der Waals surface area contributed by atoms with E-state index in [9.17, 15) is 0 Å². The minimum Gasteiger partial charge on any atom is -0.496 e. The second-order valence-electron chi connectivity index (χ2n) is 4.50. The summed E-state index contributed by atoms with van der Waals surface area (Å²) >= 11 is 6.14. The van der Waals surface area contributed by atoms with Gasteiger partial charge in [0.25, 0.3) is 0 Å². The van der Waals surface area contributed by atoms with Crippen molar-refractivity contribution in [2.75, 3.05) is 14.2 Å². The van der Waals surface area contributed by atoms with E-state index in [2.05, 4.69) is 22.3 Å². The number of hydrogen-bond donors (Lipinski definition) is 1. The van der Waals surface area contributed by atoms with E-state index in [0.717, 1.165) is 29.8 Å². The molecule has 1 aromatic heterocycles. The molecule has 0 radical (unpaired) electrons. The van der Waals surface area contributed by atoms with Crippen LogP contribution in [0.25, 0.3) is 0 Å². The lowest BCUT2D eigenvalue weighted by atomic mass is 9.91. The molecule has 0 fully saturated rings. The predicted octanol–water partition coefficient (Wildman–Crippen LogP) is 3.21. The number of ether oxygens (including phenoxy) is 2. The first kappa shape index (κ1) is 14.7. The van der Waals surface area contributed by atoms with Gasteiger partial charge in [0.15, 0.2) is 0 Å². The molecular weight excluding hydrogens is 278 g/mol. The van der Waals surface area contributed by atoms with Gasteiger partial charge in [0.05, 0.1) is 31.1 Å². The molecule has 6 heteroatoms. The largest absolute Gasteiger partial charge is 0.496 e. The van der Waals surface area contributed by atoms with Crippen molar-refractivity contribution in [3.05, 3.63) is 34.6 Å². The molecule has 0 saturated carbocycles. The van der Waals surface area contributed by atoms with Crippen LogP contribution in [-0.4, -0.2) is 29.6 Å². The summed E-state index contributed by atoms with van der Waals surface area (Å²) in [7, 11) is 3.25.